The molecule has 6 rings (SSSR count). The van der Waals surface area contributed by atoms with Gasteiger partial charge in [-0.15, -0.1) is 0 Å². The third-order valence-electron chi connectivity index (χ3n) is 7.79. The monoisotopic (exact) mass is 520 g/mol. The van der Waals surface area contributed by atoms with Crippen LogP contribution in [0.3, 0.4) is 0 Å². The Morgan fingerprint density at radius 3 is 2.49 bits per heavy atom. The molecular formula is C32H32N4O3. The van der Waals surface area contributed by atoms with E-state index in [4.69, 9.17) is 9.72 Å². The van der Waals surface area contributed by atoms with Gasteiger partial charge in [0.1, 0.15) is 0 Å². The Bertz CT molecular complexity index is 1740. The van der Waals surface area contributed by atoms with Crippen LogP contribution in [0.15, 0.2) is 66.7 Å². The first-order valence-corrected chi connectivity index (χ1v) is 13.6. The zero-order valence-corrected chi connectivity index (χ0v) is 22.5. The first-order valence-electron chi connectivity index (χ1n) is 13.6. The van der Waals surface area contributed by atoms with Gasteiger partial charge in [-0.1, -0.05) is 43.3 Å². The maximum Gasteiger partial charge on any atom is 0.339 e. The van der Waals surface area contributed by atoms with Crippen LogP contribution in [0.2, 0.25) is 0 Å². The van der Waals surface area contributed by atoms with Crippen LogP contribution in [0.4, 0.5) is 5.69 Å². The molecule has 1 atom stereocenters. The molecule has 198 valence electrons. The molecule has 0 bridgehead atoms. The Kier molecular flexibility index (Phi) is 6.53. The van der Waals surface area contributed by atoms with Gasteiger partial charge in [-0.3, -0.25) is 14.7 Å². The van der Waals surface area contributed by atoms with Gasteiger partial charge in [0.2, 0.25) is 0 Å². The summed E-state index contributed by atoms with van der Waals surface area (Å²) in [4.78, 5) is 33.9. The molecule has 0 saturated heterocycles. The number of fused-ring (bicyclic) bond motifs is 5. The van der Waals surface area contributed by atoms with Crippen LogP contribution in [0.1, 0.15) is 42.4 Å². The topological polar surface area (TPSA) is 76.5 Å². The summed E-state index contributed by atoms with van der Waals surface area (Å²) >= 11 is 0. The standard InChI is InChI=1S/C32H32N4O3/c1-4-35-17-16-27-25(19-35)30(23-11-6-8-12-26(23)34-27)32(38)39-20(3)31(37)33-21-14-15-29-24(18-21)22-10-7-9-13-28(22)36(29)5-2/h6-15,18,20H,4-5,16-17,19H2,1-3H3,(H,33,37). The van der Waals surface area contributed by atoms with Crippen LogP contribution in [-0.4, -0.2) is 45.5 Å². The Labute approximate surface area is 227 Å². The molecule has 1 amide bonds. The first-order chi connectivity index (χ1) is 19.0. The van der Waals surface area contributed by atoms with Gasteiger partial charge in [0.05, 0.1) is 11.1 Å². The van der Waals surface area contributed by atoms with Crippen molar-refractivity contribution in [1.82, 2.24) is 14.5 Å². The summed E-state index contributed by atoms with van der Waals surface area (Å²) in [7, 11) is 0. The fraction of sp³-hybridized carbons (Fsp3) is 0.281. The predicted octanol–water partition coefficient (Wildman–Crippen LogP) is 5.92. The third kappa shape index (κ3) is 4.42. The molecule has 1 aliphatic rings. The number of pyridine rings is 1. The maximum absolute atomic E-state index is 13.6. The lowest BCUT2D eigenvalue weighted by Crippen LogP contribution is -2.34. The second-order valence-corrected chi connectivity index (χ2v) is 10.1. The summed E-state index contributed by atoms with van der Waals surface area (Å²) in [5.41, 5.74) is 6.06. The van der Waals surface area contributed by atoms with Gasteiger partial charge in [-0.2, -0.15) is 0 Å². The lowest BCUT2D eigenvalue weighted by molar-refractivity contribution is -0.123. The zero-order chi connectivity index (χ0) is 27.1. The van der Waals surface area contributed by atoms with E-state index in [1.54, 1.807) is 6.92 Å². The van der Waals surface area contributed by atoms with Crippen molar-refractivity contribution >= 4 is 50.3 Å². The SMILES string of the molecule is CCN1CCc2nc3ccccc3c(C(=O)OC(C)C(=O)Nc3ccc4c(c3)c3ccccc3n4CC)c2C1. The van der Waals surface area contributed by atoms with Crippen molar-refractivity contribution in [2.45, 2.75) is 46.4 Å². The zero-order valence-electron chi connectivity index (χ0n) is 22.5. The van der Waals surface area contributed by atoms with E-state index in [9.17, 15) is 9.59 Å². The summed E-state index contributed by atoms with van der Waals surface area (Å²) in [6, 6.07) is 21.8. The number of aromatic nitrogens is 2. The second kappa shape index (κ2) is 10.2. The Morgan fingerprint density at radius 2 is 1.69 bits per heavy atom. The molecule has 0 fully saturated rings. The van der Waals surface area contributed by atoms with E-state index in [2.05, 4.69) is 40.8 Å². The number of para-hydroxylation sites is 2. The van der Waals surface area contributed by atoms with E-state index in [-0.39, 0.29) is 5.91 Å². The normalized spacial score (nSPS) is 14.4. The van der Waals surface area contributed by atoms with Crippen molar-refractivity contribution < 1.29 is 14.3 Å². The smallest absolute Gasteiger partial charge is 0.339 e. The summed E-state index contributed by atoms with van der Waals surface area (Å²) in [5.74, 6) is -0.865. The number of carbonyl (C=O) groups excluding carboxylic acids is 2. The molecule has 0 aliphatic carbocycles. The van der Waals surface area contributed by atoms with Crippen molar-refractivity contribution in [2.24, 2.45) is 0 Å². The van der Waals surface area contributed by atoms with Crippen LogP contribution in [0.25, 0.3) is 32.7 Å². The Balaban J connectivity index is 1.27. The minimum Gasteiger partial charge on any atom is -0.449 e. The highest BCUT2D eigenvalue weighted by Crippen LogP contribution is 2.32. The number of ether oxygens (including phenoxy) is 1. The van der Waals surface area contributed by atoms with Crippen molar-refractivity contribution in [2.75, 3.05) is 18.4 Å². The number of nitrogens with zero attached hydrogens (tertiary/aromatic N) is 3. The summed E-state index contributed by atoms with van der Waals surface area (Å²) in [6.07, 6.45) is -0.194. The number of hydrogen-bond acceptors (Lipinski definition) is 5. The average Bonchev–Trinajstić information content (AvgIpc) is 3.28. The van der Waals surface area contributed by atoms with Gasteiger partial charge >= 0.3 is 5.97 Å². The van der Waals surface area contributed by atoms with E-state index in [1.807, 2.05) is 54.6 Å². The number of anilines is 1. The number of rotatable bonds is 6. The summed E-state index contributed by atoms with van der Waals surface area (Å²) < 4.78 is 8.06. The fourth-order valence-electron chi connectivity index (χ4n) is 5.74. The molecule has 3 aromatic carbocycles. The van der Waals surface area contributed by atoms with E-state index in [1.165, 1.54) is 0 Å². The molecule has 0 spiro atoms. The van der Waals surface area contributed by atoms with Gasteiger partial charge in [0.25, 0.3) is 5.91 Å². The number of esters is 1. The van der Waals surface area contributed by atoms with Gasteiger partial charge in [0.15, 0.2) is 6.10 Å². The van der Waals surface area contributed by atoms with Crippen LogP contribution in [0, 0.1) is 0 Å². The molecular weight excluding hydrogens is 488 g/mol. The van der Waals surface area contributed by atoms with Crippen LogP contribution in [-0.2, 0) is 29.0 Å². The van der Waals surface area contributed by atoms with Gasteiger partial charge in [-0.05, 0) is 50.7 Å². The predicted molar refractivity (Wildman–Crippen MR) is 155 cm³/mol. The number of hydrogen-bond donors (Lipinski definition) is 1. The van der Waals surface area contributed by atoms with Crippen LogP contribution in [0.5, 0.6) is 0 Å². The van der Waals surface area contributed by atoms with Crippen molar-refractivity contribution in [3.05, 3.63) is 83.6 Å². The van der Waals surface area contributed by atoms with Crippen molar-refractivity contribution in [1.29, 1.82) is 0 Å². The first kappa shape index (κ1) is 25.1. The number of carbonyl (C=O) groups is 2. The largest absolute Gasteiger partial charge is 0.449 e. The van der Waals surface area contributed by atoms with E-state index in [0.717, 1.165) is 70.0 Å². The molecule has 2 aromatic heterocycles. The van der Waals surface area contributed by atoms with Gasteiger partial charge in [0, 0.05) is 70.2 Å². The quantitative estimate of drug-likeness (QED) is 0.281. The molecule has 7 nitrogen and oxygen atoms in total. The summed E-state index contributed by atoms with van der Waals surface area (Å²) in [5, 5.41) is 5.92. The molecule has 7 heteroatoms. The highest BCUT2D eigenvalue weighted by molar-refractivity contribution is 6.10. The molecule has 1 N–H and O–H groups in total. The minimum absolute atomic E-state index is 0.371. The molecule has 39 heavy (non-hydrogen) atoms. The van der Waals surface area contributed by atoms with Crippen LogP contribution < -0.4 is 5.32 Å². The molecule has 0 radical (unpaired) electrons. The van der Waals surface area contributed by atoms with E-state index in [0.29, 0.717) is 17.8 Å². The number of amides is 1. The third-order valence-corrected chi connectivity index (χ3v) is 7.79. The van der Waals surface area contributed by atoms with Gasteiger partial charge in [-0.25, -0.2) is 4.79 Å². The van der Waals surface area contributed by atoms with E-state index < -0.39 is 12.1 Å². The number of benzene rings is 3. The lowest BCUT2D eigenvalue weighted by atomic mass is 9.95. The molecule has 0 saturated carbocycles. The Morgan fingerprint density at radius 1 is 0.949 bits per heavy atom. The van der Waals surface area contributed by atoms with Gasteiger partial charge < -0.3 is 14.6 Å². The highest BCUT2D eigenvalue weighted by Gasteiger charge is 2.28. The second-order valence-electron chi connectivity index (χ2n) is 10.1. The Hall–Kier alpha value is -4.23. The fourth-order valence-corrected chi connectivity index (χ4v) is 5.74. The van der Waals surface area contributed by atoms with Crippen molar-refractivity contribution in [3.8, 4) is 0 Å². The van der Waals surface area contributed by atoms with Crippen molar-refractivity contribution in [3.63, 3.8) is 0 Å². The maximum atomic E-state index is 13.6. The van der Waals surface area contributed by atoms with E-state index >= 15 is 0 Å². The number of likely N-dealkylation sites (N-methyl/N-ethyl adjacent to an activating group) is 1. The number of nitrogens with one attached hydrogen (secondary N) is 1. The molecule has 1 aliphatic heterocycles. The summed E-state index contributed by atoms with van der Waals surface area (Å²) in [6.45, 7) is 9.14. The lowest BCUT2D eigenvalue weighted by Gasteiger charge is -2.29. The molecule has 1 unspecified atom stereocenters. The number of aryl methyl sites for hydroxylation is 1. The highest BCUT2D eigenvalue weighted by atomic mass is 16.5. The minimum atomic E-state index is -0.973. The molecule has 3 heterocycles. The molecule has 5 aromatic rings. The van der Waals surface area contributed by atoms with Crippen LogP contribution >= 0.6 is 0 Å². The average molecular weight is 521 g/mol.